The average Bonchev–Trinajstić information content (AvgIpc) is 2.90. The van der Waals surface area contributed by atoms with Crippen LogP contribution >= 0.6 is 0 Å². The monoisotopic (exact) mass is 482 g/mol. The van der Waals surface area contributed by atoms with Gasteiger partial charge in [-0.05, 0) is 53.1 Å². The topological polar surface area (TPSA) is 110 Å². The van der Waals surface area contributed by atoms with Crippen molar-refractivity contribution in [2.45, 2.75) is 6.54 Å². The molecular formula is C26H22N6O2S. The summed E-state index contributed by atoms with van der Waals surface area (Å²) >= 11 is 0. The van der Waals surface area contributed by atoms with Crippen molar-refractivity contribution in [1.29, 1.82) is 5.26 Å². The third kappa shape index (κ3) is 6.22. The maximum atomic E-state index is 12.1. The van der Waals surface area contributed by atoms with E-state index >= 15 is 0 Å². The second kappa shape index (κ2) is 11.4. The number of nitrogens with one attached hydrogen (secondary N) is 2. The first-order chi connectivity index (χ1) is 17.1. The largest absolute Gasteiger partial charge is 0.351 e. The standard InChI is InChI=1S/C26H22N6O2S/c27-19-30-26(31-23-14-16-28-17-15-23)29-18-20-6-10-24(11-7-20)32(35(33)34)25-12-8-22(9-13-25)21-4-2-1-3-5-21/h1-17,35H,18H2,(H2,28,29,30,31). The van der Waals surface area contributed by atoms with Crippen molar-refractivity contribution < 1.29 is 8.42 Å². The molecule has 4 rings (SSSR count). The Hall–Kier alpha value is -4.68. The number of nitrogens with zero attached hydrogens (tertiary/aromatic N) is 4. The van der Waals surface area contributed by atoms with Crippen molar-refractivity contribution in [3.63, 3.8) is 0 Å². The summed E-state index contributed by atoms with van der Waals surface area (Å²) in [5, 5.41) is 15.1. The lowest BCUT2D eigenvalue weighted by atomic mass is 10.1. The number of hydrogen-bond acceptors (Lipinski definition) is 5. The zero-order valence-corrected chi connectivity index (χ0v) is 19.5. The molecule has 0 unspecified atom stereocenters. The first kappa shape index (κ1) is 23.5. The highest BCUT2D eigenvalue weighted by atomic mass is 32.2. The van der Waals surface area contributed by atoms with Crippen LogP contribution in [-0.2, 0) is 17.4 Å². The molecule has 0 aliphatic heterocycles. The molecule has 9 heteroatoms. The van der Waals surface area contributed by atoms with Crippen molar-refractivity contribution in [3.05, 3.63) is 109 Å². The first-order valence-electron chi connectivity index (χ1n) is 10.7. The van der Waals surface area contributed by atoms with E-state index in [1.54, 1.807) is 55.0 Å². The summed E-state index contributed by atoms with van der Waals surface area (Å²) < 4.78 is 25.5. The van der Waals surface area contributed by atoms with Crippen molar-refractivity contribution >= 4 is 33.9 Å². The summed E-state index contributed by atoms with van der Waals surface area (Å²) in [5.74, 6) is 0.297. The zero-order chi connectivity index (χ0) is 24.5. The fraction of sp³-hybridized carbons (Fsp3) is 0.0385. The summed E-state index contributed by atoms with van der Waals surface area (Å²) in [6, 6.07) is 27.9. The van der Waals surface area contributed by atoms with Gasteiger partial charge in [-0.2, -0.15) is 5.26 Å². The Balaban J connectivity index is 1.46. The van der Waals surface area contributed by atoms with Crippen molar-refractivity contribution in [3.8, 4) is 17.3 Å². The molecule has 0 atom stereocenters. The highest BCUT2D eigenvalue weighted by Crippen LogP contribution is 2.28. The molecule has 1 aromatic heterocycles. The van der Waals surface area contributed by atoms with Gasteiger partial charge in [-0.1, -0.05) is 54.6 Å². The molecule has 2 N–H and O–H groups in total. The van der Waals surface area contributed by atoms with E-state index in [1.807, 2.05) is 54.6 Å². The number of benzene rings is 3. The molecule has 0 radical (unpaired) electrons. The van der Waals surface area contributed by atoms with Gasteiger partial charge in [0.05, 0.1) is 11.4 Å². The average molecular weight is 483 g/mol. The summed E-state index contributed by atoms with van der Waals surface area (Å²) in [5.41, 5.74) is 4.77. The minimum absolute atomic E-state index is 0.297. The number of anilines is 3. The number of rotatable bonds is 7. The number of thiol groups is 1. The minimum Gasteiger partial charge on any atom is -0.351 e. The highest BCUT2D eigenvalue weighted by Gasteiger charge is 2.12. The lowest BCUT2D eigenvalue weighted by molar-refractivity contribution is 0.614. The van der Waals surface area contributed by atoms with Crippen molar-refractivity contribution in [2.24, 2.45) is 4.99 Å². The van der Waals surface area contributed by atoms with Gasteiger partial charge in [0.25, 0.3) is 0 Å². The van der Waals surface area contributed by atoms with Crippen LogP contribution in [-0.4, -0.2) is 19.4 Å². The van der Waals surface area contributed by atoms with E-state index in [2.05, 4.69) is 20.6 Å². The van der Waals surface area contributed by atoms with E-state index < -0.39 is 10.9 Å². The highest BCUT2D eigenvalue weighted by molar-refractivity contribution is 7.74. The molecule has 0 aliphatic carbocycles. The van der Waals surface area contributed by atoms with Gasteiger partial charge in [-0.25, -0.2) is 12.7 Å². The van der Waals surface area contributed by atoms with Gasteiger partial charge in [0.2, 0.25) is 23.0 Å². The van der Waals surface area contributed by atoms with Crippen LogP contribution in [0.1, 0.15) is 5.56 Å². The molecule has 0 amide bonds. The lowest BCUT2D eigenvalue weighted by Crippen LogP contribution is -2.30. The predicted molar refractivity (Wildman–Crippen MR) is 139 cm³/mol. The number of aliphatic imine (C=N–C) groups is 1. The Morgan fingerprint density at radius 1 is 0.857 bits per heavy atom. The van der Waals surface area contributed by atoms with Gasteiger partial charge in [-0.15, -0.1) is 4.99 Å². The molecule has 3 aromatic carbocycles. The molecule has 0 aliphatic rings. The maximum absolute atomic E-state index is 12.1. The molecule has 1 heterocycles. The zero-order valence-electron chi connectivity index (χ0n) is 18.6. The third-order valence-corrected chi connectivity index (χ3v) is 5.92. The number of nitriles is 1. The molecule has 35 heavy (non-hydrogen) atoms. The SMILES string of the molecule is N#CN=C(NCc1ccc(N(c2ccc(-c3ccccc3)cc2)[SH](=O)=O)cc1)Nc1ccncc1. The van der Waals surface area contributed by atoms with E-state index in [1.165, 1.54) is 4.31 Å². The number of aromatic nitrogens is 1. The van der Waals surface area contributed by atoms with Gasteiger partial charge >= 0.3 is 0 Å². The van der Waals surface area contributed by atoms with E-state index in [0.717, 1.165) is 22.4 Å². The summed E-state index contributed by atoms with van der Waals surface area (Å²) in [7, 11) is -2.89. The Kier molecular flexibility index (Phi) is 7.68. The van der Waals surface area contributed by atoms with Crippen LogP contribution < -0.4 is 14.9 Å². The second-order valence-electron chi connectivity index (χ2n) is 7.40. The van der Waals surface area contributed by atoms with E-state index in [-0.39, 0.29) is 0 Å². The van der Waals surface area contributed by atoms with Crippen molar-refractivity contribution in [1.82, 2.24) is 10.3 Å². The molecule has 0 bridgehead atoms. The van der Waals surface area contributed by atoms with Crippen LogP contribution in [0.3, 0.4) is 0 Å². The Labute approximate surface area is 205 Å². The van der Waals surface area contributed by atoms with Gasteiger partial charge < -0.3 is 10.6 Å². The van der Waals surface area contributed by atoms with Crippen LogP contribution in [0, 0.1) is 11.5 Å². The minimum atomic E-state index is -2.89. The lowest BCUT2D eigenvalue weighted by Gasteiger charge is -2.19. The van der Waals surface area contributed by atoms with Crippen LogP contribution in [0.25, 0.3) is 11.1 Å². The number of guanidine groups is 1. The molecule has 0 saturated heterocycles. The van der Waals surface area contributed by atoms with Gasteiger partial charge in [-0.3, -0.25) is 4.98 Å². The summed E-state index contributed by atoms with van der Waals surface area (Å²) in [6.07, 6.45) is 5.03. The second-order valence-corrected chi connectivity index (χ2v) is 8.28. The van der Waals surface area contributed by atoms with E-state index in [0.29, 0.717) is 23.9 Å². The molecule has 174 valence electrons. The maximum Gasteiger partial charge on any atom is 0.229 e. The third-order valence-electron chi connectivity index (χ3n) is 5.13. The summed E-state index contributed by atoms with van der Waals surface area (Å²) in [4.78, 5) is 7.72. The summed E-state index contributed by atoms with van der Waals surface area (Å²) in [6.45, 7) is 0.383. The normalized spacial score (nSPS) is 11.0. The van der Waals surface area contributed by atoms with Crippen LogP contribution in [0.5, 0.6) is 0 Å². The van der Waals surface area contributed by atoms with Gasteiger partial charge in [0.1, 0.15) is 0 Å². The molecule has 0 fully saturated rings. The quantitative estimate of drug-likeness (QED) is 0.155. The molecule has 8 nitrogen and oxygen atoms in total. The smallest absolute Gasteiger partial charge is 0.229 e. The Bertz CT molecular complexity index is 1390. The molecular weight excluding hydrogens is 460 g/mol. The van der Waals surface area contributed by atoms with E-state index in [4.69, 9.17) is 5.26 Å². The fourth-order valence-electron chi connectivity index (χ4n) is 3.44. The fourth-order valence-corrected chi connectivity index (χ4v) is 4.08. The Morgan fingerprint density at radius 2 is 1.46 bits per heavy atom. The molecule has 0 spiro atoms. The van der Waals surface area contributed by atoms with Crippen LogP contribution in [0.15, 0.2) is 108 Å². The number of pyridine rings is 1. The van der Waals surface area contributed by atoms with Gasteiger partial charge in [0, 0.05) is 24.6 Å². The predicted octanol–water partition coefficient (Wildman–Crippen LogP) is 4.45. The Morgan fingerprint density at radius 3 is 2.06 bits per heavy atom. The van der Waals surface area contributed by atoms with Crippen LogP contribution in [0.4, 0.5) is 17.1 Å². The van der Waals surface area contributed by atoms with Crippen molar-refractivity contribution in [2.75, 3.05) is 9.62 Å². The van der Waals surface area contributed by atoms with Gasteiger partial charge in [0.15, 0.2) is 0 Å². The first-order valence-corrected chi connectivity index (χ1v) is 11.8. The molecule has 0 saturated carbocycles. The number of hydrogen-bond donors (Lipinski definition) is 3. The van der Waals surface area contributed by atoms with Crippen LogP contribution in [0.2, 0.25) is 0 Å². The van der Waals surface area contributed by atoms with E-state index in [9.17, 15) is 8.42 Å². The molecule has 4 aromatic rings.